The SMILES string of the molecule is Cc1nc(-c2cncs2)ncc1CNC(C)(C)C. The maximum atomic E-state index is 4.54. The zero-order chi connectivity index (χ0) is 13.2. The molecule has 0 saturated heterocycles. The van der Waals surface area contributed by atoms with E-state index in [0.717, 1.165) is 28.5 Å². The molecule has 18 heavy (non-hydrogen) atoms. The molecule has 0 aliphatic rings. The first-order valence-electron chi connectivity index (χ1n) is 5.92. The summed E-state index contributed by atoms with van der Waals surface area (Å²) < 4.78 is 0. The van der Waals surface area contributed by atoms with Gasteiger partial charge in [-0.05, 0) is 27.7 Å². The zero-order valence-corrected chi connectivity index (χ0v) is 12.0. The second kappa shape index (κ2) is 5.12. The molecule has 0 radical (unpaired) electrons. The molecule has 0 bridgehead atoms. The fourth-order valence-electron chi connectivity index (χ4n) is 1.47. The van der Waals surface area contributed by atoms with Crippen LogP contribution in [-0.2, 0) is 6.54 Å². The van der Waals surface area contributed by atoms with Gasteiger partial charge in [0.05, 0.1) is 10.4 Å². The number of nitrogens with zero attached hydrogens (tertiary/aromatic N) is 3. The van der Waals surface area contributed by atoms with Gasteiger partial charge in [0, 0.05) is 35.7 Å². The Balaban J connectivity index is 2.16. The minimum atomic E-state index is 0.1000. The van der Waals surface area contributed by atoms with Crippen molar-refractivity contribution in [3.8, 4) is 10.7 Å². The zero-order valence-electron chi connectivity index (χ0n) is 11.2. The van der Waals surface area contributed by atoms with Gasteiger partial charge in [0.15, 0.2) is 5.82 Å². The van der Waals surface area contributed by atoms with Crippen LogP contribution in [-0.4, -0.2) is 20.5 Å². The Kier molecular flexibility index (Phi) is 3.73. The average molecular weight is 262 g/mol. The molecule has 1 N–H and O–H groups in total. The Labute approximate surface area is 112 Å². The third kappa shape index (κ3) is 3.34. The lowest BCUT2D eigenvalue weighted by molar-refractivity contribution is 0.423. The van der Waals surface area contributed by atoms with Gasteiger partial charge in [0.1, 0.15) is 0 Å². The van der Waals surface area contributed by atoms with Crippen molar-refractivity contribution < 1.29 is 0 Å². The van der Waals surface area contributed by atoms with Crippen molar-refractivity contribution in [3.63, 3.8) is 0 Å². The van der Waals surface area contributed by atoms with Crippen molar-refractivity contribution in [2.75, 3.05) is 0 Å². The Bertz CT molecular complexity index is 514. The van der Waals surface area contributed by atoms with E-state index in [4.69, 9.17) is 0 Å². The third-order valence-electron chi connectivity index (χ3n) is 2.54. The first-order chi connectivity index (χ1) is 8.46. The fourth-order valence-corrected chi connectivity index (χ4v) is 2.03. The van der Waals surface area contributed by atoms with Crippen molar-refractivity contribution in [1.82, 2.24) is 20.3 Å². The van der Waals surface area contributed by atoms with E-state index >= 15 is 0 Å². The molecule has 0 fully saturated rings. The summed E-state index contributed by atoms with van der Waals surface area (Å²) in [6.07, 6.45) is 3.70. The number of hydrogen-bond donors (Lipinski definition) is 1. The second-order valence-corrected chi connectivity index (χ2v) is 6.16. The molecule has 0 aliphatic carbocycles. The van der Waals surface area contributed by atoms with E-state index in [9.17, 15) is 0 Å². The summed E-state index contributed by atoms with van der Waals surface area (Å²) in [7, 11) is 0. The van der Waals surface area contributed by atoms with Crippen molar-refractivity contribution in [2.45, 2.75) is 39.8 Å². The molecule has 2 aromatic heterocycles. The summed E-state index contributed by atoms with van der Waals surface area (Å²) in [6, 6.07) is 0. The van der Waals surface area contributed by atoms with Gasteiger partial charge in [-0.1, -0.05) is 0 Å². The third-order valence-corrected chi connectivity index (χ3v) is 3.31. The van der Waals surface area contributed by atoms with Crippen LogP contribution in [0, 0.1) is 6.92 Å². The number of thiazole rings is 1. The van der Waals surface area contributed by atoms with Crippen molar-refractivity contribution in [3.05, 3.63) is 29.2 Å². The molecule has 0 aliphatic heterocycles. The predicted octanol–water partition coefficient (Wildman–Crippen LogP) is 2.80. The molecule has 5 heteroatoms. The van der Waals surface area contributed by atoms with E-state index in [1.165, 1.54) is 0 Å². The van der Waals surface area contributed by atoms with E-state index in [1.807, 2.05) is 13.1 Å². The highest BCUT2D eigenvalue weighted by molar-refractivity contribution is 7.13. The van der Waals surface area contributed by atoms with Crippen LogP contribution in [0.5, 0.6) is 0 Å². The molecule has 0 amide bonds. The summed E-state index contributed by atoms with van der Waals surface area (Å²) in [5, 5.41) is 3.44. The molecular formula is C13H18N4S. The van der Waals surface area contributed by atoms with Crippen LogP contribution in [0.4, 0.5) is 0 Å². The van der Waals surface area contributed by atoms with Gasteiger partial charge in [-0.25, -0.2) is 9.97 Å². The van der Waals surface area contributed by atoms with E-state index < -0.39 is 0 Å². The molecule has 0 atom stereocenters. The summed E-state index contributed by atoms with van der Waals surface area (Å²) in [4.78, 5) is 14.0. The Morgan fingerprint density at radius 3 is 2.61 bits per heavy atom. The van der Waals surface area contributed by atoms with Crippen LogP contribution in [0.15, 0.2) is 17.9 Å². The smallest absolute Gasteiger partial charge is 0.171 e. The number of aromatic nitrogens is 3. The van der Waals surface area contributed by atoms with Gasteiger partial charge >= 0.3 is 0 Å². The molecule has 96 valence electrons. The topological polar surface area (TPSA) is 50.7 Å². The highest BCUT2D eigenvalue weighted by Crippen LogP contribution is 2.19. The normalized spacial score (nSPS) is 11.8. The molecule has 2 aromatic rings. The predicted molar refractivity (Wildman–Crippen MR) is 74.5 cm³/mol. The first-order valence-corrected chi connectivity index (χ1v) is 6.80. The minimum Gasteiger partial charge on any atom is -0.308 e. The maximum absolute atomic E-state index is 4.54. The fraction of sp³-hybridized carbons (Fsp3) is 0.462. The van der Waals surface area contributed by atoms with Crippen molar-refractivity contribution in [1.29, 1.82) is 0 Å². The molecular weight excluding hydrogens is 244 g/mol. The summed E-state index contributed by atoms with van der Waals surface area (Å²) in [6.45, 7) is 9.25. The van der Waals surface area contributed by atoms with E-state index in [1.54, 1.807) is 23.0 Å². The van der Waals surface area contributed by atoms with Gasteiger partial charge in [-0.3, -0.25) is 4.98 Å². The molecule has 2 rings (SSSR count). The van der Waals surface area contributed by atoms with E-state index in [0.29, 0.717) is 0 Å². The van der Waals surface area contributed by atoms with E-state index in [-0.39, 0.29) is 5.54 Å². The molecule has 0 aromatic carbocycles. The van der Waals surface area contributed by atoms with Crippen molar-refractivity contribution >= 4 is 11.3 Å². The number of hydrogen-bond acceptors (Lipinski definition) is 5. The van der Waals surface area contributed by atoms with Crippen molar-refractivity contribution in [2.24, 2.45) is 0 Å². The highest BCUT2D eigenvalue weighted by Gasteiger charge is 2.11. The highest BCUT2D eigenvalue weighted by atomic mass is 32.1. The van der Waals surface area contributed by atoms with Gasteiger partial charge < -0.3 is 5.32 Å². The average Bonchev–Trinajstić information content (AvgIpc) is 2.79. The first kappa shape index (κ1) is 13.1. The molecule has 2 heterocycles. The standard InChI is InChI=1S/C13H18N4S/c1-9-10(6-16-13(2,3)4)5-15-12(17-9)11-7-14-8-18-11/h5,7-8,16H,6H2,1-4H3. The Hall–Kier alpha value is -1.33. The maximum Gasteiger partial charge on any atom is 0.171 e. The van der Waals surface area contributed by atoms with Crippen LogP contribution < -0.4 is 5.32 Å². The number of nitrogens with one attached hydrogen (secondary N) is 1. The molecule has 4 nitrogen and oxygen atoms in total. The van der Waals surface area contributed by atoms with E-state index in [2.05, 4.69) is 41.0 Å². The van der Waals surface area contributed by atoms with Crippen LogP contribution >= 0.6 is 11.3 Å². The Morgan fingerprint density at radius 1 is 1.28 bits per heavy atom. The van der Waals surface area contributed by atoms with Crippen LogP contribution in [0.2, 0.25) is 0 Å². The van der Waals surface area contributed by atoms with Gasteiger partial charge in [-0.2, -0.15) is 0 Å². The summed E-state index contributed by atoms with van der Waals surface area (Å²) in [5.41, 5.74) is 4.05. The van der Waals surface area contributed by atoms with Gasteiger partial charge in [0.2, 0.25) is 0 Å². The summed E-state index contributed by atoms with van der Waals surface area (Å²) in [5.74, 6) is 0.759. The molecule has 0 saturated carbocycles. The van der Waals surface area contributed by atoms with Gasteiger partial charge in [-0.15, -0.1) is 11.3 Å². The molecule has 0 spiro atoms. The quantitative estimate of drug-likeness (QED) is 0.924. The van der Waals surface area contributed by atoms with Crippen LogP contribution in [0.3, 0.4) is 0 Å². The summed E-state index contributed by atoms with van der Waals surface area (Å²) >= 11 is 1.56. The second-order valence-electron chi connectivity index (χ2n) is 5.27. The van der Waals surface area contributed by atoms with Crippen LogP contribution in [0.25, 0.3) is 10.7 Å². The van der Waals surface area contributed by atoms with Crippen LogP contribution in [0.1, 0.15) is 32.0 Å². The largest absolute Gasteiger partial charge is 0.308 e. The lowest BCUT2D eigenvalue weighted by Crippen LogP contribution is -2.35. The lowest BCUT2D eigenvalue weighted by Gasteiger charge is -2.20. The lowest BCUT2D eigenvalue weighted by atomic mass is 10.1. The molecule has 0 unspecified atom stereocenters. The number of aryl methyl sites for hydroxylation is 1. The minimum absolute atomic E-state index is 0.1000. The Morgan fingerprint density at radius 2 is 2.06 bits per heavy atom. The monoisotopic (exact) mass is 262 g/mol. The van der Waals surface area contributed by atoms with Gasteiger partial charge in [0.25, 0.3) is 0 Å². The number of rotatable bonds is 3.